The van der Waals surface area contributed by atoms with Crippen molar-refractivity contribution in [3.05, 3.63) is 123 Å². The number of hydrogen-bond acceptors (Lipinski definition) is 6. The fourth-order valence-corrected chi connectivity index (χ4v) is 4.33. The zero-order chi connectivity index (χ0) is 19.7. The van der Waals surface area contributed by atoms with E-state index in [1.807, 2.05) is 48.5 Å². The van der Waals surface area contributed by atoms with Crippen LogP contribution >= 0.6 is 0 Å². The van der Waals surface area contributed by atoms with Gasteiger partial charge in [-0.1, -0.05) is 0 Å². The minimum absolute atomic E-state index is 0. The molecule has 14 nitrogen and oxygen atoms in total. The second kappa shape index (κ2) is 16.7. The Hall–Kier alpha value is -3.39. The summed E-state index contributed by atoms with van der Waals surface area (Å²) in [6.07, 6.45) is 7.15. The summed E-state index contributed by atoms with van der Waals surface area (Å²) in [4.78, 5) is 28.7. The van der Waals surface area contributed by atoms with E-state index in [1.165, 1.54) is 0 Å². The maximum atomic E-state index is 5.14. The van der Waals surface area contributed by atoms with Gasteiger partial charge >= 0.3 is 0 Å². The number of rotatable bonds is 0. The van der Waals surface area contributed by atoms with Crippen molar-refractivity contribution < 1.29 is 39.0 Å². The summed E-state index contributed by atoms with van der Waals surface area (Å²) in [5, 5.41) is 3.76. The van der Waals surface area contributed by atoms with Crippen molar-refractivity contribution in [3.8, 4) is 0 Å². The molecule has 0 unspecified atom stereocenters. The number of fused-ring (bicyclic) bond motifs is 12. The van der Waals surface area contributed by atoms with Gasteiger partial charge in [0.1, 0.15) is 0 Å². The van der Waals surface area contributed by atoms with Crippen LogP contribution < -0.4 is 0 Å². The average Bonchev–Trinajstić information content (AvgIpc) is 2.83. The molecule has 16 N–H and O–H groups in total. The number of aromatic nitrogens is 6. The number of pyridine rings is 4. The topological polar surface area (TPSA) is 345 Å². The van der Waals surface area contributed by atoms with E-state index in [4.69, 9.17) is 9.97 Å². The largest absolute Gasteiger partial charge is 0.693 e. The molecule has 5 aromatic heterocycles. The van der Waals surface area contributed by atoms with Crippen molar-refractivity contribution in [1.29, 1.82) is 0 Å². The number of hydrogen-bond donors (Lipinski definition) is 0. The minimum Gasteiger partial charge on any atom is -0.693 e. The molecule has 218 valence electrons. The smallest absolute Gasteiger partial charge is 0.0996 e. The van der Waals surface area contributed by atoms with Gasteiger partial charge in [-0.3, -0.25) is 19.9 Å². The minimum atomic E-state index is 0. The fourth-order valence-electron chi connectivity index (χ4n) is 4.33. The molecule has 0 spiro atoms. The van der Waals surface area contributed by atoms with Gasteiger partial charge in [-0.15, -0.1) is 0 Å². The van der Waals surface area contributed by atoms with Gasteiger partial charge in [0.15, 0.2) is 0 Å². The van der Waals surface area contributed by atoms with Crippen LogP contribution in [0, 0.1) is 0 Å². The van der Waals surface area contributed by atoms with Gasteiger partial charge in [0.2, 0.25) is 0 Å². The van der Waals surface area contributed by atoms with Crippen LogP contribution in [-0.2, 0) is 39.0 Å². The zero-order valence-corrected chi connectivity index (χ0v) is 24.4. The second-order valence-electron chi connectivity index (χ2n) is 7.22. The Kier molecular flexibility index (Phi) is 18.2. The first-order valence-corrected chi connectivity index (χ1v) is 9.64. The van der Waals surface area contributed by atoms with Crippen molar-refractivity contribution in [2.24, 2.45) is 0 Å². The molecule has 7 rings (SSSR count). The first kappa shape index (κ1) is 43.7. The van der Waals surface area contributed by atoms with Gasteiger partial charge in [-0.25, -0.2) is 9.97 Å². The zero-order valence-electron chi connectivity index (χ0n) is 20.9. The van der Waals surface area contributed by atoms with Crippen LogP contribution in [0.25, 0.3) is 115 Å². The third-order valence-electron chi connectivity index (χ3n) is 5.60. The van der Waals surface area contributed by atoms with Gasteiger partial charge in [0, 0.05) is 85.3 Å². The molecule has 5 heterocycles. The predicted octanol–water partition coefficient (Wildman–Crippen LogP) is 10.7. The summed E-state index contributed by atoms with van der Waals surface area (Å²) in [5.74, 6) is 0. The van der Waals surface area contributed by atoms with Crippen molar-refractivity contribution in [1.82, 2.24) is 29.9 Å². The van der Waals surface area contributed by atoms with Crippen LogP contribution in [0.3, 0.4) is 0 Å². The van der Waals surface area contributed by atoms with Crippen LogP contribution in [-0.4, -0.2) is 29.9 Å². The molecule has 0 saturated carbocycles. The van der Waals surface area contributed by atoms with Crippen molar-refractivity contribution in [2.75, 3.05) is 0 Å². The summed E-state index contributed by atoms with van der Waals surface area (Å²) in [6.45, 7) is 0. The van der Waals surface area contributed by atoms with Gasteiger partial charge < -0.3 is 49.2 Å². The molecule has 2 aromatic carbocycles. The third kappa shape index (κ3) is 6.02. The van der Waals surface area contributed by atoms with Gasteiger partial charge in [0.25, 0.3) is 0 Å². The molecule has 0 bridgehead atoms. The van der Waals surface area contributed by atoms with Gasteiger partial charge in [-0.05, 0) is 48.5 Å². The van der Waals surface area contributed by atoms with Crippen molar-refractivity contribution >= 4 is 65.7 Å². The van der Waals surface area contributed by atoms with E-state index in [0.29, 0.717) is 0 Å². The summed E-state index contributed by atoms with van der Waals surface area (Å²) in [6, 6.07) is 15.8. The second-order valence-corrected chi connectivity index (χ2v) is 7.22. The molecule has 0 fully saturated rings. The van der Waals surface area contributed by atoms with E-state index in [1.54, 1.807) is 24.8 Å². The first-order valence-electron chi connectivity index (χ1n) is 9.64. The molecule has 40 heavy (non-hydrogen) atoms. The van der Waals surface area contributed by atoms with Crippen LogP contribution in [0.5, 0.6) is 0 Å². The molecular formula is C24H28N14Ru2-8. The van der Waals surface area contributed by atoms with Gasteiger partial charge in [0.05, 0.1) is 44.1 Å². The normalized spacial score (nSPS) is 9.00. The molecule has 0 aliphatic rings. The van der Waals surface area contributed by atoms with E-state index < -0.39 is 0 Å². The van der Waals surface area contributed by atoms with E-state index in [0.717, 1.165) is 65.7 Å². The van der Waals surface area contributed by atoms with Crippen LogP contribution in [0.2, 0.25) is 0 Å². The van der Waals surface area contributed by atoms with Crippen LogP contribution in [0.15, 0.2) is 73.3 Å². The average molecular weight is 715 g/mol. The third-order valence-corrected chi connectivity index (χ3v) is 5.60. The van der Waals surface area contributed by atoms with Gasteiger partial charge in [-0.2, -0.15) is 0 Å². The Morgan fingerprint density at radius 2 is 0.500 bits per heavy atom. The summed E-state index contributed by atoms with van der Waals surface area (Å²) < 4.78 is 0. The Morgan fingerprint density at radius 3 is 0.700 bits per heavy atom. The van der Waals surface area contributed by atoms with Crippen LogP contribution in [0.1, 0.15) is 0 Å². The quantitative estimate of drug-likeness (QED) is 0.0833. The Bertz CT molecular complexity index is 1570. The number of nitrogens with two attached hydrogens (primary N) is 8. The predicted molar refractivity (Wildman–Crippen MR) is 161 cm³/mol. The summed E-state index contributed by atoms with van der Waals surface area (Å²) >= 11 is 0. The Morgan fingerprint density at radius 1 is 0.300 bits per heavy atom. The number of nitrogens with zero attached hydrogens (tertiary/aromatic N) is 6. The molecule has 16 heteroatoms. The maximum absolute atomic E-state index is 5.14. The SMILES string of the molecule is [NH2-].[NH2-].[NH2-].[NH2-].[NH2-].[NH2-].[NH2-].[NH2-].[Ru].[Ru].c1cnc2c(c1)c1nc3c4cccnc4c4ncccc4c3nc1c1cccnc12. The fraction of sp³-hybridized carbons (Fsp3) is 0. The molecule has 0 aliphatic carbocycles. The standard InChI is InChI=1S/C24H12N6.8H2N.2Ru/c1-5-13-17(25-9-1)18-14(6-2-10-26-18)22-21(13)29-23-15-7-3-11-27-19(15)20-16(24(23)30-22)8-4-12-28-20;;;;;;;;;;/h1-12H;8*1H2;;/q;8*-1;;. The van der Waals surface area contributed by atoms with Crippen molar-refractivity contribution in [2.45, 2.75) is 0 Å². The monoisotopic (exact) mass is 716 g/mol. The van der Waals surface area contributed by atoms with E-state index in [2.05, 4.69) is 19.9 Å². The first-order chi connectivity index (χ1) is 14.9. The molecule has 0 radical (unpaired) electrons. The van der Waals surface area contributed by atoms with Crippen molar-refractivity contribution in [3.63, 3.8) is 0 Å². The van der Waals surface area contributed by atoms with E-state index in [-0.39, 0.29) is 88.2 Å². The maximum Gasteiger partial charge on any atom is 0.0996 e. The Balaban J connectivity index is -0.000000648. The van der Waals surface area contributed by atoms with Crippen LogP contribution in [0.4, 0.5) is 0 Å². The molecule has 0 aliphatic heterocycles. The number of benzene rings is 2. The summed E-state index contributed by atoms with van der Waals surface area (Å²) in [7, 11) is 0. The summed E-state index contributed by atoms with van der Waals surface area (Å²) in [5.41, 5.74) is 6.61. The van der Waals surface area contributed by atoms with E-state index in [9.17, 15) is 0 Å². The molecular weight excluding hydrogens is 687 g/mol. The molecule has 0 amide bonds. The Labute approximate surface area is 256 Å². The molecule has 7 aromatic rings. The molecule has 0 saturated heterocycles. The molecule has 0 atom stereocenters. The van der Waals surface area contributed by atoms with E-state index >= 15 is 0 Å².